The van der Waals surface area contributed by atoms with Crippen molar-refractivity contribution < 1.29 is 9.90 Å². The third-order valence-electron chi connectivity index (χ3n) is 1.65. The van der Waals surface area contributed by atoms with E-state index >= 15 is 0 Å². The van der Waals surface area contributed by atoms with Crippen LogP contribution in [0.4, 0.5) is 4.79 Å². The van der Waals surface area contributed by atoms with E-state index in [0.717, 1.165) is 10.2 Å². The molecule has 3 nitrogen and oxygen atoms in total. The van der Waals surface area contributed by atoms with Crippen molar-refractivity contribution >= 4 is 33.4 Å². The van der Waals surface area contributed by atoms with E-state index in [0.29, 0.717) is 6.54 Å². The highest BCUT2D eigenvalue weighted by Gasteiger charge is 2.05. The monoisotopic (exact) mass is 263 g/mol. The second kappa shape index (κ2) is 4.62. The molecule has 1 aromatic heterocycles. The third kappa shape index (κ3) is 3.36. The molecule has 1 rings (SSSR count). The highest BCUT2D eigenvalue weighted by atomic mass is 79.9. The molecule has 0 aromatic carbocycles. The second-order valence-electron chi connectivity index (χ2n) is 2.66. The molecule has 1 N–H and O–H groups in total. The van der Waals surface area contributed by atoms with E-state index in [1.807, 2.05) is 12.1 Å². The molecule has 0 aliphatic carbocycles. The van der Waals surface area contributed by atoms with Crippen LogP contribution in [-0.4, -0.2) is 29.7 Å². The van der Waals surface area contributed by atoms with Crippen LogP contribution in [0, 0.1) is 0 Å². The summed E-state index contributed by atoms with van der Waals surface area (Å²) in [6.45, 7) is 0.544. The van der Waals surface area contributed by atoms with Gasteiger partial charge in [0.2, 0.25) is 0 Å². The Bertz CT molecular complexity index is 300. The summed E-state index contributed by atoms with van der Waals surface area (Å²) in [6.07, 6.45) is -0.102. The Hall–Kier alpha value is -0.550. The van der Waals surface area contributed by atoms with Crippen LogP contribution >= 0.6 is 27.3 Å². The molecule has 0 saturated carbocycles. The smallest absolute Gasteiger partial charge is 0.407 e. The quantitative estimate of drug-likeness (QED) is 0.911. The number of halogens is 1. The van der Waals surface area contributed by atoms with Crippen molar-refractivity contribution in [1.82, 2.24) is 4.90 Å². The zero-order valence-corrected chi connectivity index (χ0v) is 9.56. The number of carboxylic acid groups (broad SMARTS) is 1. The fraction of sp³-hybridized carbons (Fsp3) is 0.375. The van der Waals surface area contributed by atoms with E-state index in [1.165, 1.54) is 9.78 Å². The van der Waals surface area contributed by atoms with Gasteiger partial charge in [0.15, 0.2) is 0 Å². The minimum atomic E-state index is -0.879. The van der Waals surface area contributed by atoms with Gasteiger partial charge in [0.05, 0.1) is 3.79 Å². The van der Waals surface area contributed by atoms with Crippen LogP contribution in [0.25, 0.3) is 0 Å². The summed E-state index contributed by atoms with van der Waals surface area (Å²) >= 11 is 5.00. The summed E-state index contributed by atoms with van der Waals surface area (Å²) in [5.41, 5.74) is 0. The van der Waals surface area contributed by atoms with Crippen LogP contribution < -0.4 is 0 Å². The first kappa shape index (κ1) is 10.5. The van der Waals surface area contributed by atoms with Gasteiger partial charge >= 0.3 is 6.09 Å². The highest BCUT2D eigenvalue weighted by molar-refractivity contribution is 9.11. The van der Waals surface area contributed by atoms with Crippen LogP contribution in [-0.2, 0) is 6.42 Å². The number of carbonyl (C=O) groups is 1. The molecule has 0 radical (unpaired) electrons. The Morgan fingerprint density at radius 3 is 2.85 bits per heavy atom. The summed E-state index contributed by atoms with van der Waals surface area (Å²) in [5.74, 6) is 0. The molecule has 13 heavy (non-hydrogen) atoms. The number of amides is 1. The summed E-state index contributed by atoms with van der Waals surface area (Å²) < 4.78 is 1.08. The van der Waals surface area contributed by atoms with Gasteiger partial charge in [-0.05, 0) is 34.5 Å². The van der Waals surface area contributed by atoms with Crippen LogP contribution in [0.3, 0.4) is 0 Å². The number of thiophene rings is 1. The van der Waals surface area contributed by atoms with Gasteiger partial charge in [-0.1, -0.05) is 0 Å². The molecular formula is C8H10BrNO2S. The van der Waals surface area contributed by atoms with Gasteiger partial charge in [-0.25, -0.2) is 4.79 Å². The minimum Gasteiger partial charge on any atom is -0.465 e. The Kier molecular flexibility index (Phi) is 3.74. The van der Waals surface area contributed by atoms with E-state index in [4.69, 9.17) is 5.11 Å². The molecule has 5 heteroatoms. The molecule has 72 valence electrons. The first-order chi connectivity index (χ1) is 6.09. The van der Waals surface area contributed by atoms with Crippen molar-refractivity contribution in [3.05, 3.63) is 20.8 Å². The maximum Gasteiger partial charge on any atom is 0.407 e. The molecule has 1 aromatic rings. The molecule has 0 bridgehead atoms. The van der Waals surface area contributed by atoms with Crippen LogP contribution in [0.1, 0.15) is 4.88 Å². The lowest BCUT2D eigenvalue weighted by molar-refractivity contribution is 0.156. The Morgan fingerprint density at radius 2 is 2.38 bits per heavy atom. The van der Waals surface area contributed by atoms with E-state index < -0.39 is 6.09 Å². The van der Waals surface area contributed by atoms with Gasteiger partial charge < -0.3 is 10.0 Å². The largest absolute Gasteiger partial charge is 0.465 e. The lowest BCUT2D eigenvalue weighted by Gasteiger charge is -2.11. The molecule has 1 heterocycles. The van der Waals surface area contributed by atoms with Crippen molar-refractivity contribution in [2.45, 2.75) is 6.42 Å². The molecule has 0 atom stereocenters. The first-order valence-corrected chi connectivity index (χ1v) is 5.39. The number of hydrogen-bond acceptors (Lipinski definition) is 2. The standard InChI is InChI=1S/C8H10BrNO2S/c1-10(8(11)12)5-4-6-2-3-7(9)13-6/h2-3H,4-5H2,1H3,(H,11,12). The fourth-order valence-corrected chi connectivity index (χ4v) is 2.33. The zero-order valence-electron chi connectivity index (χ0n) is 7.16. The lowest BCUT2D eigenvalue weighted by Crippen LogP contribution is -2.26. The predicted octanol–water partition coefficient (Wildman–Crippen LogP) is 2.66. The maximum atomic E-state index is 10.4. The molecule has 0 saturated heterocycles. The average molecular weight is 264 g/mol. The van der Waals surface area contributed by atoms with Gasteiger partial charge in [0.1, 0.15) is 0 Å². The summed E-state index contributed by atoms with van der Waals surface area (Å²) in [7, 11) is 1.57. The van der Waals surface area contributed by atoms with Crippen LogP contribution in [0.5, 0.6) is 0 Å². The Balaban J connectivity index is 2.39. The fourth-order valence-electron chi connectivity index (χ4n) is 0.860. The molecule has 0 aliphatic rings. The van der Waals surface area contributed by atoms with Crippen molar-refractivity contribution in [1.29, 1.82) is 0 Å². The first-order valence-electron chi connectivity index (χ1n) is 3.78. The number of likely N-dealkylation sites (N-methyl/N-ethyl adjacent to an activating group) is 1. The average Bonchev–Trinajstić information content (AvgIpc) is 2.47. The van der Waals surface area contributed by atoms with Gasteiger partial charge in [-0.3, -0.25) is 0 Å². The summed E-state index contributed by atoms with van der Waals surface area (Å²) in [5, 5.41) is 8.59. The van der Waals surface area contributed by atoms with Crippen molar-refractivity contribution in [3.63, 3.8) is 0 Å². The van der Waals surface area contributed by atoms with E-state index in [9.17, 15) is 4.79 Å². The topological polar surface area (TPSA) is 40.5 Å². The van der Waals surface area contributed by atoms with Gasteiger partial charge in [-0.15, -0.1) is 11.3 Å². The van der Waals surface area contributed by atoms with Gasteiger partial charge in [0.25, 0.3) is 0 Å². The SMILES string of the molecule is CN(CCc1ccc(Br)s1)C(=O)O. The van der Waals surface area contributed by atoms with E-state index in [-0.39, 0.29) is 0 Å². The molecule has 0 unspecified atom stereocenters. The van der Waals surface area contributed by atoms with Crippen molar-refractivity contribution in [3.8, 4) is 0 Å². The summed E-state index contributed by atoms with van der Waals surface area (Å²) in [6, 6.07) is 3.98. The number of hydrogen-bond donors (Lipinski definition) is 1. The van der Waals surface area contributed by atoms with Crippen molar-refractivity contribution in [2.75, 3.05) is 13.6 Å². The number of rotatable bonds is 3. The second-order valence-corrected chi connectivity index (χ2v) is 5.21. The minimum absolute atomic E-state index is 0.544. The normalized spacial score (nSPS) is 10.0. The molecule has 0 aliphatic heterocycles. The molecule has 1 amide bonds. The highest BCUT2D eigenvalue weighted by Crippen LogP contribution is 2.22. The number of nitrogens with zero attached hydrogens (tertiary/aromatic N) is 1. The third-order valence-corrected chi connectivity index (χ3v) is 3.33. The molecular weight excluding hydrogens is 254 g/mol. The van der Waals surface area contributed by atoms with Gasteiger partial charge in [0, 0.05) is 18.5 Å². The molecule has 0 fully saturated rings. The van der Waals surface area contributed by atoms with Crippen LogP contribution in [0.2, 0.25) is 0 Å². The molecule has 0 spiro atoms. The van der Waals surface area contributed by atoms with E-state index in [2.05, 4.69) is 15.9 Å². The predicted molar refractivity (Wildman–Crippen MR) is 56.4 cm³/mol. The zero-order chi connectivity index (χ0) is 9.84. The Labute approximate surface area is 89.1 Å². The van der Waals surface area contributed by atoms with Crippen LogP contribution in [0.15, 0.2) is 15.9 Å². The summed E-state index contributed by atoms with van der Waals surface area (Å²) in [4.78, 5) is 12.9. The Morgan fingerprint density at radius 1 is 1.69 bits per heavy atom. The van der Waals surface area contributed by atoms with Crippen molar-refractivity contribution in [2.24, 2.45) is 0 Å². The maximum absolute atomic E-state index is 10.4. The van der Waals surface area contributed by atoms with Gasteiger partial charge in [-0.2, -0.15) is 0 Å². The van der Waals surface area contributed by atoms with E-state index in [1.54, 1.807) is 18.4 Å². The lowest BCUT2D eigenvalue weighted by atomic mass is 10.3.